The number of nitrogens with zero attached hydrogens (tertiary/aromatic N) is 2. The Hall–Kier alpha value is -7.24. The lowest BCUT2D eigenvalue weighted by Gasteiger charge is -2.46. The Balaban J connectivity index is 1.20. The van der Waals surface area contributed by atoms with E-state index >= 15 is 0 Å². The van der Waals surface area contributed by atoms with E-state index in [1.165, 1.54) is 66.1 Å². The maximum atomic E-state index is 6.73. The van der Waals surface area contributed by atoms with Crippen LogP contribution >= 0.6 is 0 Å². The fourth-order valence-corrected chi connectivity index (χ4v) is 9.80. The molecule has 0 atom stereocenters. The van der Waals surface area contributed by atoms with Crippen LogP contribution in [0.25, 0.3) is 43.8 Å². The van der Waals surface area contributed by atoms with Crippen LogP contribution in [0.1, 0.15) is 31.9 Å². The van der Waals surface area contributed by atoms with Crippen LogP contribution in [-0.2, 0) is 5.41 Å². The Bertz CT molecular complexity index is 3220. The largest absolute Gasteiger partial charge is 0.450 e. The van der Waals surface area contributed by atoms with E-state index in [4.69, 9.17) is 9.47 Å². The smallest absolute Gasteiger partial charge is 0.333 e. The summed E-state index contributed by atoms with van der Waals surface area (Å²) in [5, 5.41) is 4.87. The van der Waals surface area contributed by atoms with Crippen molar-refractivity contribution in [2.24, 2.45) is 0 Å². The number of rotatable bonds is 3. The van der Waals surface area contributed by atoms with Gasteiger partial charge in [0, 0.05) is 40.1 Å². The summed E-state index contributed by atoms with van der Waals surface area (Å²) < 4.78 is 13.4. The van der Waals surface area contributed by atoms with Crippen LogP contribution in [0.4, 0.5) is 28.4 Å². The summed E-state index contributed by atoms with van der Waals surface area (Å²) in [6.07, 6.45) is 0. The van der Waals surface area contributed by atoms with Crippen molar-refractivity contribution in [1.29, 1.82) is 0 Å². The lowest BCUT2D eigenvalue weighted by molar-refractivity contribution is 0.360. The highest BCUT2D eigenvalue weighted by Gasteiger charge is 2.47. The van der Waals surface area contributed by atoms with E-state index < -0.39 is 0 Å². The second-order valence-electron chi connectivity index (χ2n) is 17.4. The van der Waals surface area contributed by atoms with Crippen LogP contribution in [0, 0.1) is 6.92 Å². The molecule has 9 aromatic carbocycles. The zero-order valence-electron chi connectivity index (χ0n) is 34.0. The minimum absolute atomic E-state index is 0.0196. The molecule has 3 aliphatic rings. The molecule has 0 radical (unpaired) electrons. The lowest BCUT2D eigenvalue weighted by Crippen LogP contribution is -2.61. The second-order valence-corrected chi connectivity index (χ2v) is 17.4. The minimum atomic E-state index is -0.199. The number of para-hydroxylation sites is 2. The van der Waals surface area contributed by atoms with E-state index in [1.807, 2.05) is 24.3 Å². The number of aryl methyl sites for hydroxylation is 1. The SMILES string of the molecule is Cc1cc(-c2ccccc2)ccc1N1c2cc3c(cc2B2c4c1cc1ccccc1c4-c1cc4ccccc4cc1N2c1ccc(C(C)(C)C)cc1)Oc1ccccc1O3. The van der Waals surface area contributed by atoms with Gasteiger partial charge in [0.25, 0.3) is 0 Å². The predicted molar refractivity (Wildman–Crippen MR) is 251 cm³/mol. The van der Waals surface area contributed by atoms with Gasteiger partial charge in [0.15, 0.2) is 23.0 Å². The second kappa shape index (κ2) is 12.9. The number of hydrogen-bond acceptors (Lipinski definition) is 4. The molecule has 0 amide bonds. The van der Waals surface area contributed by atoms with Crippen LogP contribution in [0.2, 0.25) is 0 Å². The van der Waals surface area contributed by atoms with Crippen molar-refractivity contribution < 1.29 is 9.47 Å². The maximum absolute atomic E-state index is 6.73. The standard InChI is InChI=1S/C55H41BN2O2/c1-34-28-38(35-14-6-5-7-15-35)22-27-45(34)57-47-33-52-51(59-49-20-12-13-21-50(49)60-52)32-44(47)56-54-48(57)31-39-18-10-11-19-42(39)53(54)43-29-36-16-8-9-17-37(36)30-46(43)58(56)41-25-23-40(24-26-41)55(2,3)4/h5-33H,1-4H3. The Morgan fingerprint density at radius 1 is 0.483 bits per heavy atom. The number of hydrogen-bond donors (Lipinski definition) is 0. The molecule has 3 aliphatic heterocycles. The molecule has 0 unspecified atom stereocenters. The third kappa shape index (κ3) is 5.25. The molecule has 0 fully saturated rings. The van der Waals surface area contributed by atoms with Gasteiger partial charge < -0.3 is 19.2 Å². The molecular weight excluding hydrogens is 731 g/mol. The average molecular weight is 773 g/mol. The van der Waals surface area contributed by atoms with Crippen molar-refractivity contribution in [3.05, 3.63) is 187 Å². The van der Waals surface area contributed by atoms with Gasteiger partial charge in [-0.25, -0.2) is 0 Å². The summed E-state index contributed by atoms with van der Waals surface area (Å²) in [5.74, 6) is 2.83. The maximum Gasteiger partial charge on any atom is 0.333 e. The van der Waals surface area contributed by atoms with Crippen molar-refractivity contribution in [3.63, 3.8) is 0 Å². The molecule has 0 aromatic heterocycles. The van der Waals surface area contributed by atoms with Crippen molar-refractivity contribution in [3.8, 4) is 45.3 Å². The number of fused-ring (bicyclic) bond motifs is 9. The molecule has 0 saturated heterocycles. The Kier molecular flexibility index (Phi) is 7.47. The van der Waals surface area contributed by atoms with Crippen molar-refractivity contribution in [2.75, 3.05) is 9.71 Å². The van der Waals surface area contributed by atoms with Crippen molar-refractivity contribution in [1.82, 2.24) is 0 Å². The molecule has 60 heavy (non-hydrogen) atoms. The fourth-order valence-electron chi connectivity index (χ4n) is 9.80. The van der Waals surface area contributed by atoms with E-state index in [-0.39, 0.29) is 12.3 Å². The zero-order valence-corrected chi connectivity index (χ0v) is 34.0. The molecular formula is C55H41BN2O2. The quantitative estimate of drug-likeness (QED) is 0.167. The minimum Gasteiger partial charge on any atom is -0.450 e. The van der Waals surface area contributed by atoms with Gasteiger partial charge in [0.2, 0.25) is 0 Å². The highest BCUT2D eigenvalue weighted by Crippen LogP contribution is 2.53. The van der Waals surface area contributed by atoms with Crippen molar-refractivity contribution >= 4 is 67.8 Å². The lowest BCUT2D eigenvalue weighted by atomic mass is 9.43. The van der Waals surface area contributed by atoms with Crippen LogP contribution in [0.3, 0.4) is 0 Å². The van der Waals surface area contributed by atoms with Crippen molar-refractivity contribution in [2.45, 2.75) is 33.1 Å². The van der Waals surface area contributed by atoms with Gasteiger partial charge in [0.05, 0.1) is 0 Å². The molecule has 0 saturated carbocycles. The van der Waals surface area contributed by atoms with Crippen LogP contribution in [-0.4, -0.2) is 6.85 Å². The van der Waals surface area contributed by atoms with Gasteiger partial charge in [-0.05, 0) is 133 Å². The summed E-state index contributed by atoms with van der Waals surface area (Å²) >= 11 is 0. The van der Waals surface area contributed by atoms with Gasteiger partial charge in [-0.2, -0.15) is 0 Å². The molecule has 0 N–H and O–H groups in total. The fraction of sp³-hybridized carbons (Fsp3) is 0.0909. The van der Waals surface area contributed by atoms with E-state index in [2.05, 4.69) is 189 Å². The highest BCUT2D eigenvalue weighted by atomic mass is 16.6. The third-order valence-electron chi connectivity index (χ3n) is 12.7. The van der Waals surface area contributed by atoms with Gasteiger partial charge in [-0.15, -0.1) is 0 Å². The molecule has 286 valence electrons. The van der Waals surface area contributed by atoms with Crippen LogP contribution in [0.15, 0.2) is 176 Å². The number of benzene rings is 9. The summed E-state index contributed by atoms with van der Waals surface area (Å²) in [5.41, 5.74) is 15.5. The van der Waals surface area contributed by atoms with Gasteiger partial charge in [0.1, 0.15) is 0 Å². The van der Waals surface area contributed by atoms with E-state index in [0.29, 0.717) is 23.0 Å². The Labute approximate surface area is 351 Å². The first kappa shape index (κ1) is 34.8. The van der Waals surface area contributed by atoms with E-state index in [1.54, 1.807) is 0 Å². The Morgan fingerprint density at radius 3 is 1.83 bits per heavy atom. The molecule has 0 aliphatic carbocycles. The average Bonchev–Trinajstić information content (AvgIpc) is 3.27. The highest BCUT2D eigenvalue weighted by molar-refractivity contribution is 6.94. The molecule has 4 nitrogen and oxygen atoms in total. The monoisotopic (exact) mass is 772 g/mol. The first-order valence-electron chi connectivity index (χ1n) is 20.9. The molecule has 12 rings (SSSR count). The molecule has 5 heteroatoms. The first-order chi connectivity index (χ1) is 29.3. The summed E-state index contributed by atoms with van der Waals surface area (Å²) in [6.45, 7) is 8.88. The third-order valence-corrected chi connectivity index (χ3v) is 12.7. The summed E-state index contributed by atoms with van der Waals surface area (Å²) in [4.78, 5) is 5.07. The zero-order chi connectivity index (χ0) is 40.3. The predicted octanol–water partition coefficient (Wildman–Crippen LogP) is 13.9. The number of ether oxygens (including phenoxy) is 2. The van der Waals surface area contributed by atoms with E-state index in [9.17, 15) is 0 Å². The van der Waals surface area contributed by atoms with Gasteiger partial charge in [-0.1, -0.05) is 130 Å². The van der Waals surface area contributed by atoms with Gasteiger partial charge in [-0.3, -0.25) is 0 Å². The van der Waals surface area contributed by atoms with Crippen LogP contribution < -0.4 is 30.1 Å². The van der Waals surface area contributed by atoms with Gasteiger partial charge >= 0.3 is 6.85 Å². The topological polar surface area (TPSA) is 24.9 Å². The molecule has 9 aromatic rings. The molecule has 0 bridgehead atoms. The number of anilines is 5. The van der Waals surface area contributed by atoms with Crippen LogP contribution in [0.5, 0.6) is 23.0 Å². The molecule has 3 heterocycles. The summed E-state index contributed by atoms with van der Waals surface area (Å²) in [7, 11) is 0. The summed E-state index contributed by atoms with van der Waals surface area (Å²) in [6, 6.07) is 64.0. The first-order valence-corrected chi connectivity index (χ1v) is 20.9. The molecule has 0 spiro atoms. The van der Waals surface area contributed by atoms with E-state index in [0.717, 1.165) is 28.2 Å². The Morgan fingerprint density at radius 2 is 1.12 bits per heavy atom. The normalized spacial score (nSPS) is 13.5.